The molecule has 0 radical (unpaired) electrons. The molecule has 2 N–H and O–H groups in total. The summed E-state index contributed by atoms with van der Waals surface area (Å²) in [7, 11) is 0. The molecule has 80 valence electrons. The third-order valence-corrected chi connectivity index (χ3v) is 3.22. The number of nitrogens with zero attached hydrogens (tertiary/aromatic N) is 2. The molecule has 3 nitrogen and oxygen atoms in total. The molecule has 0 aromatic carbocycles. The maximum Gasteiger partial charge on any atom is 0.0539 e. The quantitative estimate of drug-likeness (QED) is 0.786. The molecule has 1 atom stereocenters. The van der Waals surface area contributed by atoms with E-state index in [0.29, 0.717) is 5.92 Å². The first-order valence-electron chi connectivity index (χ1n) is 5.49. The zero-order chi connectivity index (χ0) is 11.0. The molecule has 0 fully saturated rings. The molecule has 3 heteroatoms. The van der Waals surface area contributed by atoms with Crippen molar-refractivity contribution in [1.82, 2.24) is 9.97 Å². The van der Waals surface area contributed by atoms with Crippen LogP contribution in [0.1, 0.15) is 29.2 Å². The summed E-state index contributed by atoms with van der Waals surface area (Å²) in [4.78, 5) is 8.51. The molecule has 2 heterocycles. The van der Waals surface area contributed by atoms with E-state index in [4.69, 9.17) is 5.73 Å². The summed E-state index contributed by atoms with van der Waals surface area (Å²) in [5.41, 5.74) is 10.4. The standard InChI is InChI=1S/C13H13N3/c14-12-8-15-7-5-10(12)11-4-3-9-2-1-6-16-13(9)11/h1-2,5-8,11H,3-4,14H2. The van der Waals surface area contributed by atoms with Gasteiger partial charge in [0.1, 0.15) is 0 Å². The first kappa shape index (κ1) is 9.33. The van der Waals surface area contributed by atoms with Crippen LogP contribution in [-0.4, -0.2) is 9.97 Å². The number of aryl methyl sites for hydroxylation is 1. The molecule has 0 bridgehead atoms. The molecule has 1 aliphatic carbocycles. The van der Waals surface area contributed by atoms with Crippen LogP contribution in [-0.2, 0) is 6.42 Å². The Morgan fingerprint density at radius 2 is 2.19 bits per heavy atom. The normalized spacial score (nSPS) is 18.4. The number of pyridine rings is 2. The first-order chi connectivity index (χ1) is 7.86. The summed E-state index contributed by atoms with van der Waals surface area (Å²) in [5, 5.41) is 0. The molecule has 3 rings (SSSR count). The van der Waals surface area contributed by atoms with Gasteiger partial charge in [0.15, 0.2) is 0 Å². The second-order valence-electron chi connectivity index (χ2n) is 4.14. The summed E-state index contributed by atoms with van der Waals surface area (Å²) >= 11 is 0. The molecule has 1 aliphatic rings. The highest BCUT2D eigenvalue weighted by Crippen LogP contribution is 2.38. The van der Waals surface area contributed by atoms with Crippen molar-refractivity contribution in [2.24, 2.45) is 0 Å². The second-order valence-corrected chi connectivity index (χ2v) is 4.14. The lowest BCUT2D eigenvalue weighted by Gasteiger charge is -2.12. The summed E-state index contributed by atoms with van der Waals surface area (Å²) in [6.45, 7) is 0. The van der Waals surface area contributed by atoms with E-state index in [0.717, 1.165) is 24.1 Å². The van der Waals surface area contributed by atoms with Crippen LogP contribution in [0.15, 0.2) is 36.8 Å². The molecule has 2 aromatic rings. The van der Waals surface area contributed by atoms with E-state index in [2.05, 4.69) is 16.0 Å². The Morgan fingerprint density at radius 1 is 1.25 bits per heavy atom. The smallest absolute Gasteiger partial charge is 0.0539 e. The van der Waals surface area contributed by atoms with Gasteiger partial charge in [-0.1, -0.05) is 6.07 Å². The third-order valence-electron chi connectivity index (χ3n) is 3.22. The lowest BCUT2D eigenvalue weighted by atomic mass is 9.96. The third kappa shape index (κ3) is 1.36. The lowest BCUT2D eigenvalue weighted by molar-refractivity contribution is 0.773. The van der Waals surface area contributed by atoms with Crippen molar-refractivity contribution in [2.45, 2.75) is 18.8 Å². The topological polar surface area (TPSA) is 51.8 Å². The van der Waals surface area contributed by atoms with Crippen LogP contribution in [0, 0.1) is 0 Å². The number of aromatic nitrogens is 2. The summed E-state index contributed by atoms with van der Waals surface area (Å²) < 4.78 is 0. The maximum absolute atomic E-state index is 5.97. The van der Waals surface area contributed by atoms with Gasteiger partial charge < -0.3 is 5.73 Å². The van der Waals surface area contributed by atoms with E-state index in [1.165, 1.54) is 11.3 Å². The molecule has 0 spiro atoms. The average Bonchev–Trinajstić information content (AvgIpc) is 2.74. The van der Waals surface area contributed by atoms with E-state index < -0.39 is 0 Å². The van der Waals surface area contributed by atoms with Crippen LogP contribution < -0.4 is 5.73 Å². The number of nitrogen functional groups attached to an aromatic ring is 1. The largest absolute Gasteiger partial charge is 0.397 e. The van der Waals surface area contributed by atoms with Gasteiger partial charge in [-0.25, -0.2) is 0 Å². The molecule has 2 aromatic heterocycles. The predicted molar refractivity (Wildman–Crippen MR) is 63.1 cm³/mol. The van der Waals surface area contributed by atoms with E-state index in [1.807, 2.05) is 18.3 Å². The molecular weight excluding hydrogens is 198 g/mol. The van der Waals surface area contributed by atoms with Crippen molar-refractivity contribution in [3.05, 3.63) is 53.6 Å². The minimum absolute atomic E-state index is 0.346. The highest BCUT2D eigenvalue weighted by molar-refractivity contribution is 5.51. The number of fused-ring (bicyclic) bond motifs is 1. The predicted octanol–water partition coefficient (Wildman–Crippen LogP) is 2.14. The van der Waals surface area contributed by atoms with Crippen molar-refractivity contribution in [1.29, 1.82) is 0 Å². The Morgan fingerprint density at radius 3 is 3.06 bits per heavy atom. The second kappa shape index (κ2) is 3.59. The summed E-state index contributed by atoms with van der Waals surface area (Å²) in [6.07, 6.45) is 7.56. The van der Waals surface area contributed by atoms with Gasteiger partial charge in [-0.15, -0.1) is 0 Å². The number of nitrogens with two attached hydrogens (primary N) is 1. The first-order valence-corrected chi connectivity index (χ1v) is 5.49. The highest BCUT2D eigenvalue weighted by Gasteiger charge is 2.26. The van der Waals surface area contributed by atoms with Crippen molar-refractivity contribution in [3.63, 3.8) is 0 Å². The molecule has 0 saturated carbocycles. The van der Waals surface area contributed by atoms with E-state index in [9.17, 15) is 0 Å². The van der Waals surface area contributed by atoms with Gasteiger partial charge in [-0.3, -0.25) is 9.97 Å². The van der Waals surface area contributed by atoms with Crippen LogP contribution in [0.3, 0.4) is 0 Å². The fourth-order valence-electron chi connectivity index (χ4n) is 2.45. The zero-order valence-corrected chi connectivity index (χ0v) is 8.93. The Bertz CT molecular complexity index is 522. The Hall–Kier alpha value is -1.90. The van der Waals surface area contributed by atoms with Gasteiger partial charge in [0.25, 0.3) is 0 Å². The van der Waals surface area contributed by atoms with Gasteiger partial charge in [-0.2, -0.15) is 0 Å². The van der Waals surface area contributed by atoms with Crippen molar-refractivity contribution >= 4 is 5.69 Å². The van der Waals surface area contributed by atoms with E-state index in [-0.39, 0.29) is 0 Å². The molecule has 16 heavy (non-hydrogen) atoms. The Labute approximate surface area is 94.4 Å². The molecular formula is C13H13N3. The SMILES string of the molecule is Nc1cnccc1C1CCc2cccnc21. The average molecular weight is 211 g/mol. The molecule has 0 aliphatic heterocycles. The van der Waals surface area contributed by atoms with Crippen LogP contribution in [0.25, 0.3) is 0 Å². The fourth-order valence-corrected chi connectivity index (χ4v) is 2.45. The van der Waals surface area contributed by atoms with Crippen LogP contribution >= 0.6 is 0 Å². The molecule has 0 saturated heterocycles. The van der Waals surface area contributed by atoms with Gasteiger partial charge in [0, 0.05) is 18.3 Å². The van der Waals surface area contributed by atoms with Crippen molar-refractivity contribution in [2.75, 3.05) is 5.73 Å². The van der Waals surface area contributed by atoms with Gasteiger partial charge >= 0.3 is 0 Å². The molecule has 1 unspecified atom stereocenters. The van der Waals surface area contributed by atoms with Gasteiger partial charge in [-0.05, 0) is 36.1 Å². The molecule has 0 amide bonds. The van der Waals surface area contributed by atoms with Crippen molar-refractivity contribution in [3.8, 4) is 0 Å². The number of hydrogen-bond acceptors (Lipinski definition) is 3. The Kier molecular flexibility index (Phi) is 2.10. The lowest BCUT2D eigenvalue weighted by Crippen LogP contribution is -2.03. The summed E-state index contributed by atoms with van der Waals surface area (Å²) in [5.74, 6) is 0.346. The van der Waals surface area contributed by atoms with E-state index >= 15 is 0 Å². The number of anilines is 1. The van der Waals surface area contributed by atoms with Crippen LogP contribution in [0.2, 0.25) is 0 Å². The monoisotopic (exact) mass is 211 g/mol. The minimum Gasteiger partial charge on any atom is -0.397 e. The summed E-state index contributed by atoms with van der Waals surface area (Å²) in [6, 6.07) is 6.15. The van der Waals surface area contributed by atoms with E-state index in [1.54, 1.807) is 12.4 Å². The maximum atomic E-state index is 5.97. The Balaban J connectivity index is 2.08. The van der Waals surface area contributed by atoms with Crippen molar-refractivity contribution < 1.29 is 0 Å². The highest BCUT2D eigenvalue weighted by atomic mass is 14.7. The number of rotatable bonds is 1. The van der Waals surface area contributed by atoms with Gasteiger partial charge in [0.05, 0.1) is 17.6 Å². The fraction of sp³-hybridized carbons (Fsp3) is 0.231. The minimum atomic E-state index is 0.346. The van der Waals surface area contributed by atoms with Crippen LogP contribution in [0.4, 0.5) is 5.69 Å². The van der Waals surface area contributed by atoms with Crippen LogP contribution in [0.5, 0.6) is 0 Å². The zero-order valence-electron chi connectivity index (χ0n) is 8.93. The van der Waals surface area contributed by atoms with Gasteiger partial charge in [0.2, 0.25) is 0 Å². The number of hydrogen-bond donors (Lipinski definition) is 1.